The topological polar surface area (TPSA) is 78.4 Å². The number of fused-ring (bicyclic) bond motifs is 3. The van der Waals surface area contributed by atoms with Crippen molar-refractivity contribution in [3.8, 4) is 6.07 Å². The van der Waals surface area contributed by atoms with Crippen LogP contribution in [0.1, 0.15) is 16.7 Å². The molecule has 0 spiro atoms. The predicted molar refractivity (Wildman–Crippen MR) is 116 cm³/mol. The number of para-hydroxylation sites is 2. The van der Waals surface area contributed by atoms with Crippen LogP contribution in [-0.2, 0) is 4.79 Å². The van der Waals surface area contributed by atoms with Crippen molar-refractivity contribution in [2.75, 3.05) is 5.75 Å². The molecule has 0 radical (unpaired) electrons. The number of nitrogens with zero attached hydrogens (tertiary/aromatic N) is 3. The Kier molecular flexibility index (Phi) is 5.26. The van der Waals surface area contributed by atoms with Crippen molar-refractivity contribution >= 4 is 58.2 Å². The zero-order valence-electron chi connectivity index (χ0n) is 15.0. The standard InChI is InChI=1S/C22H14ClN3O2S/c23-16-9-6-14(7-10-16)5-8-15-11-20(29-13-21(27)28)26-19-4-2-1-3-18(19)25-22(26)17(15)12-24/h1-11H,13H2,(H,27,28)/b8-5+. The van der Waals surface area contributed by atoms with E-state index in [0.29, 0.717) is 26.8 Å². The Labute approximate surface area is 175 Å². The van der Waals surface area contributed by atoms with E-state index < -0.39 is 5.97 Å². The van der Waals surface area contributed by atoms with Crippen molar-refractivity contribution in [1.82, 2.24) is 9.38 Å². The molecule has 0 bridgehead atoms. The van der Waals surface area contributed by atoms with E-state index in [2.05, 4.69) is 11.1 Å². The molecule has 0 aliphatic heterocycles. The Bertz CT molecular complexity index is 1300. The first kappa shape index (κ1) is 19.1. The molecule has 4 rings (SSSR count). The van der Waals surface area contributed by atoms with E-state index in [1.807, 2.05) is 59.0 Å². The molecule has 29 heavy (non-hydrogen) atoms. The quantitative estimate of drug-likeness (QED) is 0.440. The highest BCUT2D eigenvalue weighted by Crippen LogP contribution is 2.30. The summed E-state index contributed by atoms with van der Waals surface area (Å²) in [6, 6.07) is 19.0. The first-order valence-corrected chi connectivity index (χ1v) is 10.1. The second-order valence-corrected chi connectivity index (χ2v) is 7.68. The summed E-state index contributed by atoms with van der Waals surface area (Å²) >= 11 is 7.13. The number of hydrogen-bond acceptors (Lipinski definition) is 4. The first-order valence-electron chi connectivity index (χ1n) is 8.69. The van der Waals surface area contributed by atoms with Gasteiger partial charge in [0.2, 0.25) is 0 Å². The number of benzene rings is 2. The van der Waals surface area contributed by atoms with Gasteiger partial charge in [0.05, 0.1) is 21.8 Å². The van der Waals surface area contributed by atoms with Gasteiger partial charge in [-0.15, -0.1) is 0 Å². The van der Waals surface area contributed by atoms with Crippen LogP contribution in [0, 0.1) is 11.3 Å². The average Bonchev–Trinajstić information content (AvgIpc) is 3.11. The lowest BCUT2D eigenvalue weighted by Crippen LogP contribution is -2.02. The van der Waals surface area contributed by atoms with E-state index in [1.54, 1.807) is 12.1 Å². The zero-order valence-corrected chi connectivity index (χ0v) is 16.6. The molecule has 1 N–H and O–H groups in total. The third kappa shape index (κ3) is 3.83. The molecule has 0 aliphatic rings. The van der Waals surface area contributed by atoms with Gasteiger partial charge < -0.3 is 5.11 Å². The minimum absolute atomic E-state index is 0.0894. The Morgan fingerprint density at radius 1 is 1.21 bits per heavy atom. The maximum Gasteiger partial charge on any atom is 0.313 e. The van der Waals surface area contributed by atoms with Gasteiger partial charge in [-0.25, -0.2) is 4.98 Å². The van der Waals surface area contributed by atoms with E-state index in [1.165, 1.54) is 11.8 Å². The van der Waals surface area contributed by atoms with Gasteiger partial charge in [0, 0.05) is 5.02 Å². The largest absolute Gasteiger partial charge is 0.481 e. The predicted octanol–water partition coefficient (Wildman–Crippen LogP) is 5.36. The van der Waals surface area contributed by atoms with Crippen LogP contribution in [-0.4, -0.2) is 26.2 Å². The molecule has 7 heteroatoms. The maximum absolute atomic E-state index is 11.1. The van der Waals surface area contributed by atoms with Crippen molar-refractivity contribution in [3.05, 3.63) is 76.3 Å². The fraction of sp³-hybridized carbons (Fsp3) is 0.0455. The van der Waals surface area contributed by atoms with Crippen molar-refractivity contribution in [3.63, 3.8) is 0 Å². The normalized spacial score (nSPS) is 11.3. The van der Waals surface area contributed by atoms with Crippen LogP contribution >= 0.6 is 23.4 Å². The van der Waals surface area contributed by atoms with Gasteiger partial charge in [0.25, 0.3) is 0 Å². The molecule has 0 saturated carbocycles. The molecule has 2 aromatic heterocycles. The highest BCUT2D eigenvalue weighted by molar-refractivity contribution is 7.99. The first-order chi connectivity index (χ1) is 14.1. The van der Waals surface area contributed by atoms with E-state index in [0.717, 1.165) is 16.6 Å². The second-order valence-electron chi connectivity index (χ2n) is 6.25. The summed E-state index contributed by atoms with van der Waals surface area (Å²) < 4.78 is 1.85. The molecule has 0 amide bonds. The van der Waals surface area contributed by atoms with Crippen molar-refractivity contribution in [1.29, 1.82) is 5.26 Å². The molecule has 0 atom stereocenters. The molecule has 2 aromatic carbocycles. The van der Waals surface area contributed by atoms with Gasteiger partial charge in [-0.05, 0) is 41.5 Å². The van der Waals surface area contributed by atoms with E-state index >= 15 is 0 Å². The van der Waals surface area contributed by atoms with Gasteiger partial charge in [-0.3, -0.25) is 9.20 Å². The molecule has 0 aliphatic carbocycles. The van der Waals surface area contributed by atoms with Gasteiger partial charge >= 0.3 is 5.97 Å². The third-order valence-corrected chi connectivity index (χ3v) is 5.59. The number of halogens is 1. The van der Waals surface area contributed by atoms with Crippen LogP contribution in [0.4, 0.5) is 0 Å². The fourth-order valence-corrected chi connectivity index (χ4v) is 3.98. The monoisotopic (exact) mass is 419 g/mol. The number of aromatic nitrogens is 2. The van der Waals surface area contributed by atoms with Crippen LogP contribution in [0.3, 0.4) is 0 Å². The number of nitriles is 1. The summed E-state index contributed by atoms with van der Waals surface area (Å²) in [7, 11) is 0. The highest BCUT2D eigenvalue weighted by Gasteiger charge is 2.16. The number of aliphatic carboxylic acids is 1. The Morgan fingerprint density at radius 3 is 2.69 bits per heavy atom. The van der Waals surface area contributed by atoms with Crippen LogP contribution < -0.4 is 0 Å². The summed E-state index contributed by atoms with van der Waals surface area (Å²) in [6.45, 7) is 0. The number of imidazole rings is 1. The van der Waals surface area contributed by atoms with E-state index in [-0.39, 0.29) is 5.75 Å². The summed E-state index contributed by atoms with van der Waals surface area (Å²) in [4.78, 5) is 15.8. The van der Waals surface area contributed by atoms with Gasteiger partial charge in [0.15, 0.2) is 5.65 Å². The number of pyridine rings is 1. The van der Waals surface area contributed by atoms with Crippen LogP contribution in [0.2, 0.25) is 5.02 Å². The summed E-state index contributed by atoms with van der Waals surface area (Å²) in [5.74, 6) is -0.997. The lowest BCUT2D eigenvalue weighted by molar-refractivity contribution is -0.133. The van der Waals surface area contributed by atoms with Gasteiger partial charge in [-0.1, -0.05) is 59.8 Å². The lowest BCUT2D eigenvalue weighted by Gasteiger charge is -2.09. The third-order valence-electron chi connectivity index (χ3n) is 4.35. The minimum Gasteiger partial charge on any atom is -0.481 e. The molecule has 5 nitrogen and oxygen atoms in total. The molecule has 0 fully saturated rings. The summed E-state index contributed by atoms with van der Waals surface area (Å²) in [6.07, 6.45) is 3.73. The molecule has 142 valence electrons. The van der Waals surface area contributed by atoms with Gasteiger partial charge in [-0.2, -0.15) is 5.26 Å². The van der Waals surface area contributed by atoms with Crippen molar-refractivity contribution in [2.45, 2.75) is 5.03 Å². The van der Waals surface area contributed by atoms with Crippen LogP contribution in [0.5, 0.6) is 0 Å². The lowest BCUT2D eigenvalue weighted by atomic mass is 10.1. The molecular formula is C22H14ClN3O2S. The minimum atomic E-state index is -0.907. The number of carboxylic acids is 1. The summed E-state index contributed by atoms with van der Waals surface area (Å²) in [5.41, 5.74) is 4.15. The van der Waals surface area contributed by atoms with Crippen molar-refractivity contribution in [2.24, 2.45) is 0 Å². The van der Waals surface area contributed by atoms with Crippen LogP contribution in [0.25, 0.3) is 28.8 Å². The summed E-state index contributed by atoms with van der Waals surface area (Å²) in [5, 5.41) is 20.3. The second kappa shape index (κ2) is 8.00. The molecule has 2 heterocycles. The fourth-order valence-electron chi connectivity index (χ4n) is 3.06. The molecule has 0 unspecified atom stereocenters. The zero-order chi connectivity index (χ0) is 20.4. The molecule has 4 aromatic rings. The number of carbonyl (C=O) groups is 1. The van der Waals surface area contributed by atoms with E-state index in [4.69, 9.17) is 16.7 Å². The van der Waals surface area contributed by atoms with Gasteiger partial charge in [0.1, 0.15) is 11.6 Å². The smallest absolute Gasteiger partial charge is 0.313 e. The number of thioether (sulfide) groups is 1. The van der Waals surface area contributed by atoms with Crippen LogP contribution in [0.15, 0.2) is 59.6 Å². The number of hydrogen-bond donors (Lipinski definition) is 1. The average molecular weight is 420 g/mol. The number of rotatable bonds is 5. The molecule has 0 saturated heterocycles. The van der Waals surface area contributed by atoms with Crippen molar-refractivity contribution < 1.29 is 9.90 Å². The molecular weight excluding hydrogens is 406 g/mol. The highest BCUT2D eigenvalue weighted by atomic mass is 35.5. The maximum atomic E-state index is 11.1. The Hall–Kier alpha value is -3.27. The number of carboxylic acid groups (broad SMARTS) is 1. The Balaban J connectivity index is 1.91. The SMILES string of the molecule is N#Cc1c(/C=C/c2ccc(Cl)cc2)cc(SCC(=O)O)n2c1nc1ccccc12. The van der Waals surface area contributed by atoms with E-state index in [9.17, 15) is 10.1 Å². The Morgan fingerprint density at radius 2 is 1.97 bits per heavy atom.